The predicted molar refractivity (Wildman–Crippen MR) is 118 cm³/mol. The van der Waals surface area contributed by atoms with Gasteiger partial charge in [-0.05, 0) is 48.9 Å². The van der Waals surface area contributed by atoms with Crippen LogP contribution in [0.2, 0.25) is 0 Å². The number of carbonyl (C=O) groups excluding carboxylic acids is 2. The highest BCUT2D eigenvalue weighted by atomic mass is 32.2. The van der Waals surface area contributed by atoms with Crippen LogP contribution in [0.4, 0.5) is 10.5 Å². The molecule has 2 aromatic carbocycles. The Kier molecular flexibility index (Phi) is 5.74. The number of quaternary nitrogens is 1. The Labute approximate surface area is 176 Å². The van der Waals surface area contributed by atoms with Crippen molar-refractivity contribution in [2.75, 3.05) is 37.7 Å². The molecule has 2 aliphatic heterocycles. The van der Waals surface area contributed by atoms with Crippen molar-refractivity contribution in [3.05, 3.63) is 70.1 Å². The van der Waals surface area contributed by atoms with Gasteiger partial charge in [0.2, 0.25) is 0 Å². The number of amides is 2. The number of hydrogen-bond acceptors (Lipinski definition) is 4. The quantitative estimate of drug-likeness (QED) is 0.791. The molecule has 4 rings (SSSR count). The van der Waals surface area contributed by atoms with Crippen LogP contribution in [0.5, 0.6) is 0 Å². The number of hydrogen-bond donors (Lipinski definition) is 1. The number of rotatable bonds is 4. The minimum Gasteiger partial charge on any atom is -0.360 e. The number of aryl methyl sites for hydroxylation is 2. The van der Waals surface area contributed by atoms with Gasteiger partial charge in [0.15, 0.2) is 6.67 Å². The Morgan fingerprint density at radius 1 is 1.00 bits per heavy atom. The van der Waals surface area contributed by atoms with Crippen molar-refractivity contribution < 1.29 is 14.5 Å². The van der Waals surface area contributed by atoms with Crippen LogP contribution in [0.15, 0.2) is 53.4 Å². The summed E-state index contributed by atoms with van der Waals surface area (Å²) in [7, 11) is 0. The third-order valence-electron chi connectivity index (χ3n) is 5.56. The number of nitrogens with one attached hydrogen (secondary N) is 1. The average Bonchev–Trinajstić information content (AvgIpc) is 2.98. The molecule has 0 unspecified atom stereocenters. The summed E-state index contributed by atoms with van der Waals surface area (Å²) in [6, 6.07) is 16.4. The molecule has 0 aromatic heterocycles. The van der Waals surface area contributed by atoms with E-state index in [0.29, 0.717) is 11.6 Å². The predicted octanol–water partition coefficient (Wildman–Crippen LogP) is 2.70. The number of imide groups is 1. The average molecular weight is 409 g/mol. The number of piperazine rings is 1. The second kappa shape index (κ2) is 8.43. The van der Waals surface area contributed by atoms with Gasteiger partial charge in [0.25, 0.3) is 11.1 Å². The maximum atomic E-state index is 12.8. The normalized spacial score (nSPS) is 19.4. The van der Waals surface area contributed by atoms with E-state index in [1.54, 1.807) is 0 Å². The fourth-order valence-corrected chi connectivity index (χ4v) is 4.65. The van der Waals surface area contributed by atoms with Crippen LogP contribution in [0.1, 0.15) is 16.7 Å². The number of anilines is 1. The van der Waals surface area contributed by atoms with E-state index in [0.717, 1.165) is 43.5 Å². The van der Waals surface area contributed by atoms with E-state index >= 15 is 0 Å². The van der Waals surface area contributed by atoms with E-state index in [1.807, 2.05) is 37.3 Å². The molecule has 150 valence electrons. The Bertz CT molecular complexity index is 947. The first-order valence-electron chi connectivity index (χ1n) is 9.97. The van der Waals surface area contributed by atoms with Crippen LogP contribution in [0, 0.1) is 13.8 Å². The van der Waals surface area contributed by atoms with Gasteiger partial charge in [0.05, 0.1) is 31.1 Å². The van der Waals surface area contributed by atoms with Crippen LogP contribution in [0.25, 0.3) is 6.08 Å². The van der Waals surface area contributed by atoms with Crippen LogP contribution in [-0.2, 0) is 4.79 Å². The van der Waals surface area contributed by atoms with Gasteiger partial charge in [0.1, 0.15) is 0 Å². The maximum absolute atomic E-state index is 12.8. The fourth-order valence-electron chi connectivity index (χ4n) is 3.81. The summed E-state index contributed by atoms with van der Waals surface area (Å²) in [6.45, 7) is 8.28. The second-order valence-electron chi connectivity index (χ2n) is 7.70. The lowest BCUT2D eigenvalue weighted by atomic mass is 10.1. The third-order valence-corrected chi connectivity index (χ3v) is 6.46. The first kappa shape index (κ1) is 19.7. The van der Waals surface area contributed by atoms with Gasteiger partial charge in [-0.25, -0.2) is 4.90 Å². The van der Waals surface area contributed by atoms with Crippen LogP contribution < -0.4 is 9.80 Å². The first-order chi connectivity index (χ1) is 14.0. The maximum Gasteiger partial charge on any atom is 0.298 e. The minimum absolute atomic E-state index is 0.165. The summed E-state index contributed by atoms with van der Waals surface area (Å²) >= 11 is 1.04. The molecular formula is C23H26N3O2S+. The monoisotopic (exact) mass is 408 g/mol. The zero-order valence-corrected chi connectivity index (χ0v) is 17.7. The van der Waals surface area contributed by atoms with Crippen molar-refractivity contribution in [1.29, 1.82) is 0 Å². The highest BCUT2D eigenvalue weighted by Gasteiger charge is 2.38. The van der Waals surface area contributed by atoms with Gasteiger partial charge >= 0.3 is 0 Å². The molecule has 2 heterocycles. The highest BCUT2D eigenvalue weighted by Crippen LogP contribution is 2.31. The molecule has 2 saturated heterocycles. The fraction of sp³-hybridized carbons (Fsp3) is 0.304. The van der Waals surface area contributed by atoms with Gasteiger partial charge in [0, 0.05) is 5.69 Å². The van der Waals surface area contributed by atoms with Crippen molar-refractivity contribution in [2.24, 2.45) is 0 Å². The summed E-state index contributed by atoms with van der Waals surface area (Å²) in [6.07, 6.45) is 1.82. The van der Waals surface area contributed by atoms with E-state index in [-0.39, 0.29) is 11.1 Å². The molecule has 0 atom stereocenters. The molecule has 5 nitrogen and oxygen atoms in total. The lowest BCUT2D eigenvalue weighted by molar-refractivity contribution is -0.907. The number of nitrogens with zero attached hydrogens (tertiary/aromatic N) is 2. The zero-order chi connectivity index (χ0) is 20.4. The van der Waals surface area contributed by atoms with Crippen LogP contribution >= 0.6 is 11.8 Å². The van der Waals surface area contributed by atoms with Crippen molar-refractivity contribution in [1.82, 2.24) is 4.90 Å². The lowest BCUT2D eigenvalue weighted by Crippen LogP contribution is -3.16. The molecule has 0 spiro atoms. The number of para-hydroxylation sites is 1. The van der Waals surface area contributed by atoms with E-state index in [4.69, 9.17) is 0 Å². The van der Waals surface area contributed by atoms with E-state index in [1.165, 1.54) is 26.6 Å². The molecule has 0 radical (unpaired) electrons. The van der Waals surface area contributed by atoms with Gasteiger partial charge in [-0.1, -0.05) is 48.0 Å². The number of thioether (sulfide) groups is 1. The summed E-state index contributed by atoms with van der Waals surface area (Å²) < 4.78 is 0. The molecule has 2 aromatic rings. The third kappa shape index (κ3) is 4.38. The lowest BCUT2D eigenvalue weighted by Gasteiger charge is -2.35. The number of benzene rings is 2. The molecule has 29 heavy (non-hydrogen) atoms. The van der Waals surface area contributed by atoms with Crippen LogP contribution in [0.3, 0.4) is 0 Å². The Balaban J connectivity index is 1.38. The molecule has 1 N–H and O–H groups in total. The van der Waals surface area contributed by atoms with Crippen LogP contribution in [-0.4, -0.2) is 48.9 Å². The van der Waals surface area contributed by atoms with Crippen molar-refractivity contribution in [3.8, 4) is 0 Å². The summed E-state index contributed by atoms with van der Waals surface area (Å²) in [5.74, 6) is -0.172. The van der Waals surface area contributed by atoms with Crippen molar-refractivity contribution in [2.45, 2.75) is 13.8 Å². The molecule has 2 fully saturated rings. The Hall–Kier alpha value is -2.57. The smallest absolute Gasteiger partial charge is 0.298 e. The molecule has 0 saturated carbocycles. The Morgan fingerprint density at radius 2 is 1.69 bits per heavy atom. The first-order valence-corrected chi connectivity index (χ1v) is 10.8. The van der Waals surface area contributed by atoms with Gasteiger partial charge in [-0.2, -0.15) is 0 Å². The molecule has 2 aliphatic rings. The largest absolute Gasteiger partial charge is 0.360 e. The summed E-state index contributed by atoms with van der Waals surface area (Å²) in [5, 5.41) is -0.165. The summed E-state index contributed by atoms with van der Waals surface area (Å²) in [4.78, 5) is 30.8. The zero-order valence-electron chi connectivity index (χ0n) is 16.9. The second-order valence-corrected chi connectivity index (χ2v) is 8.70. The van der Waals surface area contributed by atoms with Gasteiger partial charge in [-0.3, -0.25) is 9.59 Å². The van der Waals surface area contributed by atoms with Crippen molar-refractivity contribution >= 4 is 34.7 Å². The standard InChI is InChI=1S/C23H25N3O2S/c1-17-7-9-19(10-8-17)15-21-22(27)26(23(28)29-21)16-24-11-13-25(14-12-24)20-6-4-3-5-18(20)2/h3-10,15H,11-14,16H2,1-2H3/p+1/b21-15+. The van der Waals surface area contributed by atoms with Gasteiger partial charge in [-0.15, -0.1) is 0 Å². The SMILES string of the molecule is Cc1ccc(/C=C2/SC(=O)N(C[NH+]3CCN(c4ccccc4C)CC3)C2=O)cc1. The Morgan fingerprint density at radius 3 is 2.38 bits per heavy atom. The molecule has 6 heteroatoms. The molecular weight excluding hydrogens is 382 g/mol. The molecule has 2 amide bonds. The summed E-state index contributed by atoms with van der Waals surface area (Å²) in [5.41, 5.74) is 4.67. The van der Waals surface area contributed by atoms with E-state index in [2.05, 4.69) is 36.1 Å². The van der Waals surface area contributed by atoms with Gasteiger partial charge < -0.3 is 9.80 Å². The number of carbonyl (C=O) groups is 2. The molecule has 0 aliphatic carbocycles. The van der Waals surface area contributed by atoms with E-state index < -0.39 is 0 Å². The minimum atomic E-state index is -0.172. The highest BCUT2D eigenvalue weighted by molar-refractivity contribution is 8.18. The molecule has 0 bridgehead atoms. The van der Waals surface area contributed by atoms with Crippen molar-refractivity contribution in [3.63, 3.8) is 0 Å². The van der Waals surface area contributed by atoms with E-state index in [9.17, 15) is 9.59 Å². The topological polar surface area (TPSA) is 45.1 Å².